The molecule has 1 saturated heterocycles. The van der Waals surface area contributed by atoms with Crippen LogP contribution in [0.25, 0.3) is 22.4 Å². The molecule has 0 bridgehead atoms. The number of hydrogen-bond acceptors (Lipinski definition) is 8. The number of nitrogens with one attached hydrogen (secondary N) is 2. The zero-order valence-electron chi connectivity index (χ0n) is 23.4. The van der Waals surface area contributed by atoms with Crippen molar-refractivity contribution in [3.05, 3.63) is 83.8 Å². The summed E-state index contributed by atoms with van der Waals surface area (Å²) in [6, 6.07) is 11.7. The molecule has 1 aliphatic rings. The normalized spacial score (nSPS) is 13.8. The molecular weight excluding hydrogens is 540 g/mol. The molecule has 4 heterocycles. The Bertz CT molecular complexity index is 1700. The Morgan fingerprint density at radius 3 is 2.62 bits per heavy atom. The lowest BCUT2D eigenvalue weighted by Gasteiger charge is -2.25. The highest BCUT2D eigenvalue weighted by molar-refractivity contribution is 5.92. The van der Waals surface area contributed by atoms with Gasteiger partial charge in [0.2, 0.25) is 0 Å². The summed E-state index contributed by atoms with van der Waals surface area (Å²) in [5, 5.41) is 12.4. The number of rotatable bonds is 9. The fourth-order valence-electron chi connectivity index (χ4n) is 5.35. The summed E-state index contributed by atoms with van der Waals surface area (Å²) in [6.07, 6.45) is 7.10. The molecule has 0 saturated carbocycles. The second kappa shape index (κ2) is 12.1. The highest BCUT2D eigenvalue weighted by Gasteiger charge is 2.24. The molecule has 0 radical (unpaired) electrons. The summed E-state index contributed by atoms with van der Waals surface area (Å²) in [7, 11) is 1.59. The first-order valence-corrected chi connectivity index (χ1v) is 13.9. The van der Waals surface area contributed by atoms with Crippen LogP contribution < -0.4 is 20.1 Å². The van der Waals surface area contributed by atoms with Crippen LogP contribution in [-0.4, -0.2) is 51.5 Å². The van der Waals surface area contributed by atoms with Gasteiger partial charge in [0.1, 0.15) is 28.9 Å². The average Bonchev–Trinajstić information content (AvgIpc) is 3.38. The minimum atomic E-state index is -0.694. The smallest absolute Gasteiger partial charge is 0.182 e. The zero-order valence-corrected chi connectivity index (χ0v) is 23.4. The first kappa shape index (κ1) is 27.5. The molecule has 0 amide bonds. The van der Waals surface area contributed by atoms with Crippen LogP contribution in [0, 0.1) is 11.6 Å². The largest absolute Gasteiger partial charge is 0.494 e. The molecule has 2 N–H and O–H groups in total. The number of piperidine rings is 1. The van der Waals surface area contributed by atoms with Crippen molar-refractivity contribution in [1.82, 2.24) is 30.0 Å². The van der Waals surface area contributed by atoms with E-state index in [2.05, 4.69) is 15.6 Å². The van der Waals surface area contributed by atoms with Gasteiger partial charge in [-0.05, 0) is 50.9 Å². The third-order valence-corrected chi connectivity index (χ3v) is 7.46. The van der Waals surface area contributed by atoms with Crippen molar-refractivity contribution in [3.8, 4) is 23.0 Å². The number of benzene rings is 2. The molecule has 3 aromatic heterocycles. The Hall–Kier alpha value is -4.64. The van der Waals surface area contributed by atoms with Gasteiger partial charge in [-0.3, -0.25) is 9.67 Å². The van der Waals surface area contributed by atoms with Gasteiger partial charge in [-0.2, -0.15) is 5.10 Å². The second-order valence-corrected chi connectivity index (χ2v) is 10.0. The third-order valence-electron chi connectivity index (χ3n) is 7.46. The van der Waals surface area contributed by atoms with E-state index in [1.807, 2.05) is 36.5 Å². The van der Waals surface area contributed by atoms with Crippen molar-refractivity contribution in [2.45, 2.75) is 32.2 Å². The summed E-state index contributed by atoms with van der Waals surface area (Å²) in [5.41, 5.74) is 2.84. The van der Waals surface area contributed by atoms with Gasteiger partial charge in [0.05, 0.1) is 37.7 Å². The summed E-state index contributed by atoms with van der Waals surface area (Å²) in [4.78, 5) is 13.9. The number of methoxy groups -OCH3 is 1. The number of halogens is 2. The molecule has 11 heteroatoms. The summed E-state index contributed by atoms with van der Waals surface area (Å²) in [5.74, 6) is 0.665. The molecule has 0 atom stereocenters. The van der Waals surface area contributed by atoms with Crippen LogP contribution in [-0.2, 0) is 6.54 Å². The van der Waals surface area contributed by atoms with Crippen molar-refractivity contribution in [2.24, 2.45) is 0 Å². The van der Waals surface area contributed by atoms with Crippen LogP contribution in [0.2, 0.25) is 0 Å². The highest BCUT2D eigenvalue weighted by Crippen LogP contribution is 2.36. The molecule has 9 nitrogen and oxygen atoms in total. The van der Waals surface area contributed by atoms with E-state index >= 15 is 0 Å². The Kier molecular flexibility index (Phi) is 7.91. The number of hydrogen-bond donors (Lipinski definition) is 2. The van der Waals surface area contributed by atoms with E-state index < -0.39 is 11.6 Å². The highest BCUT2D eigenvalue weighted by atomic mass is 19.1. The van der Waals surface area contributed by atoms with Gasteiger partial charge >= 0.3 is 0 Å². The van der Waals surface area contributed by atoms with Crippen LogP contribution in [0.5, 0.6) is 11.5 Å². The van der Waals surface area contributed by atoms with Crippen LogP contribution in [0.1, 0.15) is 36.8 Å². The second-order valence-electron chi connectivity index (χ2n) is 10.0. The van der Waals surface area contributed by atoms with Crippen molar-refractivity contribution in [3.63, 3.8) is 0 Å². The molecular formula is C31H31F2N7O2. The minimum absolute atomic E-state index is 0.104. The van der Waals surface area contributed by atoms with Gasteiger partial charge in [-0.1, -0.05) is 18.2 Å². The Morgan fingerprint density at radius 2 is 1.86 bits per heavy atom. The number of para-hydroxylation sites is 1. The Morgan fingerprint density at radius 1 is 1.07 bits per heavy atom. The molecule has 2 aromatic carbocycles. The molecule has 216 valence electrons. The fraction of sp³-hybridized carbons (Fsp3) is 0.290. The van der Waals surface area contributed by atoms with Gasteiger partial charge < -0.3 is 20.1 Å². The first-order chi connectivity index (χ1) is 20.6. The molecule has 0 spiro atoms. The predicted octanol–water partition coefficient (Wildman–Crippen LogP) is 5.83. The van der Waals surface area contributed by atoms with E-state index in [4.69, 9.17) is 24.5 Å². The van der Waals surface area contributed by atoms with Crippen LogP contribution in [0.3, 0.4) is 0 Å². The maximum atomic E-state index is 15.0. The predicted molar refractivity (Wildman–Crippen MR) is 156 cm³/mol. The molecule has 0 unspecified atom stereocenters. The molecule has 0 aliphatic carbocycles. The van der Waals surface area contributed by atoms with Gasteiger partial charge in [0.15, 0.2) is 11.6 Å². The molecule has 1 fully saturated rings. The molecule has 6 rings (SSSR count). The lowest BCUT2D eigenvalue weighted by molar-refractivity contribution is 0.335. The van der Waals surface area contributed by atoms with Gasteiger partial charge in [0.25, 0.3) is 0 Å². The van der Waals surface area contributed by atoms with Gasteiger partial charge in [0, 0.05) is 41.0 Å². The monoisotopic (exact) mass is 571 g/mol. The number of pyridine rings is 1. The van der Waals surface area contributed by atoms with Crippen LogP contribution >= 0.6 is 0 Å². The lowest BCUT2D eigenvalue weighted by atomic mass is 9.91. The van der Waals surface area contributed by atoms with E-state index in [1.54, 1.807) is 31.1 Å². The average molecular weight is 572 g/mol. The summed E-state index contributed by atoms with van der Waals surface area (Å²) in [6.45, 7) is 3.79. The van der Waals surface area contributed by atoms with E-state index in [0.717, 1.165) is 42.6 Å². The number of ether oxygens (including phenoxy) is 2. The number of fused-ring (bicyclic) bond motifs is 1. The number of aromatic nitrogens is 5. The van der Waals surface area contributed by atoms with Crippen molar-refractivity contribution < 1.29 is 18.3 Å². The Balaban J connectivity index is 1.43. The van der Waals surface area contributed by atoms with Crippen molar-refractivity contribution >= 4 is 22.4 Å². The third kappa shape index (κ3) is 5.47. The minimum Gasteiger partial charge on any atom is -0.494 e. The van der Waals surface area contributed by atoms with Crippen LogP contribution in [0.15, 0.2) is 61.1 Å². The fourth-order valence-corrected chi connectivity index (χ4v) is 5.35. The molecule has 5 aromatic rings. The van der Waals surface area contributed by atoms with E-state index in [1.165, 1.54) is 12.1 Å². The molecule has 1 aliphatic heterocycles. The van der Waals surface area contributed by atoms with Crippen LogP contribution in [0.4, 0.5) is 20.3 Å². The van der Waals surface area contributed by atoms with E-state index in [9.17, 15) is 8.78 Å². The lowest BCUT2D eigenvalue weighted by Crippen LogP contribution is -2.27. The number of nitrogens with zero attached hydrogens (tertiary/aromatic N) is 5. The van der Waals surface area contributed by atoms with Crippen molar-refractivity contribution in [2.75, 3.05) is 32.1 Å². The van der Waals surface area contributed by atoms with Crippen molar-refractivity contribution in [1.29, 1.82) is 0 Å². The topological polar surface area (TPSA) is 99.0 Å². The van der Waals surface area contributed by atoms with E-state index in [0.29, 0.717) is 35.2 Å². The SMILES string of the molecule is CCOc1cc(F)c(Cn2nc(-c3ncc(C4CCNCC4)c(Nc4ccncc4OC)n3)c3ccccc32)c(F)c1. The maximum Gasteiger partial charge on any atom is 0.182 e. The van der Waals surface area contributed by atoms with Gasteiger partial charge in [-0.15, -0.1) is 0 Å². The number of anilines is 2. The Labute approximate surface area is 241 Å². The van der Waals surface area contributed by atoms with E-state index in [-0.39, 0.29) is 23.8 Å². The quantitative estimate of drug-likeness (QED) is 0.228. The summed E-state index contributed by atoms with van der Waals surface area (Å²) >= 11 is 0. The summed E-state index contributed by atoms with van der Waals surface area (Å²) < 4.78 is 42.3. The standard InChI is InChI=1S/C31H31F2N7O2/c1-3-42-20-14-24(32)23(25(33)15-20)18-40-27-7-5-4-6-21(27)29(39-40)31-36-16-22(19-8-11-34-12-9-19)30(38-31)37-26-10-13-35-17-28(26)41-2/h4-7,10,13-17,19,34H,3,8-9,11-12,18H2,1-2H3,(H,35,36,37,38). The zero-order chi connectivity index (χ0) is 29.1. The maximum absolute atomic E-state index is 15.0. The molecule has 42 heavy (non-hydrogen) atoms. The first-order valence-electron chi connectivity index (χ1n) is 13.9. The van der Waals surface area contributed by atoms with Gasteiger partial charge in [-0.25, -0.2) is 18.7 Å².